The summed E-state index contributed by atoms with van der Waals surface area (Å²) in [6.45, 7) is 1.76. The van der Waals surface area contributed by atoms with Gasteiger partial charge in [-0.1, -0.05) is 12.1 Å². The van der Waals surface area contributed by atoms with E-state index in [-0.39, 0.29) is 0 Å². The second-order valence-electron chi connectivity index (χ2n) is 3.42. The molecule has 1 atom stereocenters. The molecule has 0 saturated heterocycles. The van der Waals surface area contributed by atoms with Crippen LogP contribution in [0.4, 0.5) is 0 Å². The summed E-state index contributed by atoms with van der Waals surface area (Å²) >= 11 is 0. The molecule has 0 fully saturated rings. The minimum atomic E-state index is -0.604. The summed E-state index contributed by atoms with van der Waals surface area (Å²) in [5.41, 5.74) is 2.33. The van der Waals surface area contributed by atoms with Crippen molar-refractivity contribution < 1.29 is 5.11 Å². The largest absolute Gasteiger partial charge is 0.387 e. The highest BCUT2D eigenvalue weighted by molar-refractivity contribution is 5.77. The number of aliphatic hydroxyl groups is 1. The maximum atomic E-state index is 9.98. The van der Waals surface area contributed by atoms with E-state index < -0.39 is 6.10 Å². The van der Waals surface area contributed by atoms with Crippen molar-refractivity contribution in [3.05, 3.63) is 36.2 Å². The Morgan fingerprint density at radius 3 is 2.94 bits per heavy atom. The van der Waals surface area contributed by atoms with Crippen molar-refractivity contribution in [2.45, 2.75) is 19.4 Å². The van der Waals surface area contributed by atoms with E-state index in [1.807, 2.05) is 18.2 Å². The van der Waals surface area contributed by atoms with E-state index in [1.165, 1.54) is 0 Å². The lowest BCUT2D eigenvalue weighted by Gasteiger charge is -2.09. The summed E-state index contributed by atoms with van der Waals surface area (Å²) in [7, 11) is 0. The molecule has 3 heteroatoms. The Morgan fingerprint density at radius 2 is 2.12 bits per heavy atom. The van der Waals surface area contributed by atoms with Gasteiger partial charge >= 0.3 is 0 Å². The zero-order chi connectivity index (χ0) is 11.4. The predicted octanol–water partition coefficient (Wildman–Crippen LogP) is 2.08. The Kier molecular flexibility index (Phi) is 3.13. The fourth-order valence-corrected chi connectivity index (χ4v) is 1.59. The number of nitrogens with zero attached hydrogens (tertiary/aromatic N) is 2. The molecule has 0 aliphatic rings. The first-order valence-corrected chi connectivity index (χ1v) is 5.10. The lowest BCUT2D eigenvalue weighted by atomic mass is 10.0. The maximum absolute atomic E-state index is 9.98. The second kappa shape index (κ2) is 4.73. The van der Waals surface area contributed by atoms with Gasteiger partial charge in [0.25, 0.3) is 0 Å². The predicted molar refractivity (Wildman–Crippen MR) is 62.6 cm³/mol. The molecule has 0 bridgehead atoms. The van der Waals surface area contributed by atoms with Gasteiger partial charge < -0.3 is 5.11 Å². The molecule has 1 aromatic heterocycles. The minimum Gasteiger partial charge on any atom is -0.387 e. The van der Waals surface area contributed by atoms with Gasteiger partial charge in [-0.25, -0.2) is 0 Å². The van der Waals surface area contributed by atoms with E-state index in [9.17, 15) is 5.11 Å². The SMILES string of the molecule is CC#CCC(O)c1cccc2nccnc12. The van der Waals surface area contributed by atoms with Crippen molar-refractivity contribution in [3.63, 3.8) is 0 Å². The van der Waals surface area contributed by atoms with Crippen LogP contribution in [0.2, 0.25) is 0 Å². The summed E-state index contributed by atoms with van der Waals surface area (Å²) in [5.74, 6) is 5.63. The first kappa shape index (κ1) is 10.6. The normalized spacial score (nSPS) is 11.9. The van der Waals surface area contributed by atoms with Gasteiger partial charge in [0.15, 0.2) is 0 Å². The zero-order valence-electron chi connectivity index (χ0n) is 9.01. The monoisotopic (exact) mass is 212 g/mol. The number of hydrogen-bond acceptors (Lipinski definition) is 3. The van der Waals surface area contributed by atoms with Gasteiger partial charge in [0.2, 0.25) is 0 Å². The third kappa shape index (κ3) is 2.02. The summed E-state index contributed by atoms with van der Waals surface area (Å²) in [4.78, 5) is 8.43. The Hall–Kier alpha value is -1.92. The molecule has 1 heterocycles. The van der Waals surface area contributed by atoms with Crippen molar-refractivity contribution >= 4 is 11.0 Å². The molecule has 2 rings (SSSR count). The summed E-state index contributed by atoms with van der Waals surface area (Å²) < 4.78 is 0. The molecule has 1 unspecified atom stereocenters. The number of aliphatic hydroxyl groups excluding tert-OH is 1. The molecular weight excluding hydrogens is 200 g/mol. The average Bonchev–Trinajstić information content (AvgIpc) is 2.35. The van der Waals surface area contributed by atoms with Crippen LogP contribution < -0.4 is 0 Å². The van der Waals surface area contributed by atoms with Crippen LogP contribution in [0.3, 0.4) is 0 Å². The van der Waals surface area contributed by atoms with E-state index in [0.717, 1.165) is 16.6 Å². The number of fused-ring (bicyclic) bond motifs is 1. The summed E-state index contributed by atoms with van der Waals surface area (Å²) in [5, 5.41) is 9.98. The molecule has 80 valence electrons. The lowest BCUT2D eigenvalue weighted by molar-refractivity contribution is 0.185. The number of aromatic nitrogens is 2. The topological polar surface area (TPSA) is 46.0 Å². The van der Waals surface area contributed by atoms with Crippen LogP contribution in [0.15, 0.2) is 30.6 Å². The number of rotatable bonds is 2. The summed E-state index contributed by atoms with van der Waals surface area (Å²) in [6, 6.07) is 5.61. The average molecular weight is 212 g/mol. The smallest absolute Gasteiger partial charge is 0.0945 e. The highest BCUT2D eigenvalue weighted by atomic mass is 16.3. The van der Waals surface area contributed by atoms with Crippen molar-refractivity contribution in [2.75, 3.05) is 0 Å². The maximum Gasteiger partial charge on any atom is 0.0945 e. The van der Waals surface area contributed by atoms with Crippen molar-refractivity contribution in [1.29, 1.82) is 0 Å². The standard InChI is InChI=1S/C13H12N2O/c1-2-3-7-12(16)10-5-4-6-11-13(10)15-9-8-14-11/h4-6,8-9,12,16H,7H2,1H3. The molecule has 1 aromatic carbocycles. The van der Waals surface area contributed by atoms with E-state index in [4.69, 9.17) is 0 Å². The van der Waals surface area contributed by atoms with Gasteiger partial charge in [0.05, 0.1) is 17.1 Å². The van der Waals surface area contributed by atoms with Crippen LogP contribution in [0.5, 0.6) is 0 Å². The molecule has 0 spiro atoms. The van der Waals surface area contributed by atoms with Gasteiger partial charge in [0.1, 0.15) is 0 Å². The lowest BCUT2D eigenvalue weighted by Crippen LogP contribution is -1.98. The fourth-order valence-electron chi connectivity index (χ4n) is 1.59. The molecule has 0 amide bonds. The van der Waals surface area contributed by atoms with Crippen LogP contribution in [-0.4, -0.2) is 15.1 Å². The van der Waals surface area contributed by atoms with Gasteiger partial charge in [-0.15, -0.1) is 11.8 Å². The van der Waals surface area contributed by atoms with Gasteiger partial charge in [0, 0.05) is 24.4 Å². The second-order valence-corrected chi connectivity index (χ2v) is 3.42. The molecule has 0 aliphatic carbocycles. The van der Waals surface area contributed by atoms with E-state index in [0.29, 0.717) is 6.42 Å². The van der Waals surface area contributed by atoms with Crippen LogP contribution in [0.1, 0.15) is 25.0 Å². The van der Waals surface area contributed by atoms with Gasteiger partial charge in [-0.3, -0.25) is 9.97 Å². The summed E-state index contributed by atoms with van der Waals surface area (Å²) in [6.07, 6.45) is 3.09. The molecule has 3 nitrogen and oxygen atoms in total. The van der Waals surface area contributed by atoms with E-state index >= 15 is 0 Å². The Labute approximate surface area is 94.2 Å². The molecule has 2 aromatic rings. The van der Waals surface area contributed by atoms with Crippen molar-refractivity contribution in [3.8, 4) is 11.8 Å². The first-order valence-electron chi connectivity index (χ1n) is 5.10. The number of hydrogen-bond donors (Lipinski definition) is 1. The Balaban J connectivity index is 2.46. The molecule has 0 radical (unpaired) electrons. The molecular formula is C13H12N2O. The van der Waals surface area contributed by atoms with Crippen LogP contribution >= 0.6 is 0 Å². The third-order valence-corrected chi connectivity index (χ3v) is 2.36. The fraction of sp³-hybridized carbons (Fsp3) is 0.231. The Morgan fingerprint density at radius 1 is 1.31 bits per heavy atom. The first-order chi connectivity index (χ1) is 7.83. The minimum absolute atomic E-state index is 0.423. The molecule has 16 heavy (non-hydrogen) atoms. The molecule has 0 saturated carbocycles. The number of benzene rings is 1. The van der Waals surface area contributed by atoms with Crippen LogP contribution in [-0.2, 0) is 0 Å². The van der Waals surface area contributed by atoms with Crippen LogP contribution in [0.25, 0.3) is 11.0 Å². The highest BCUT2D eigenvalue weighted by Gasteiger charge is 2.10. The third-order valence-electron chi connectivity index (χ3n) is 2.36. The Bertz CT molecular complexity index is 549. The molecule has 0 aliphatic heterocycles. The van der Waals surface area contributed by atoms with Gasteiger partial charge in [-0.05, 0) is 13.0 Å². The molecule has 1 N–H and O–H groups in total. The van der Waals surface area contributed by atoms with Gasteiger partial charge in [-0.2, -0.15) is 0 Å². The van der Waals surface area contributed by atoms with Crippen molar-refractivity contribution in [2.24, 2.45) is 0 Å². The van der Waals surface area contributed by atoms with Crippen molar-refractivity contribution in [1.82, 2.24) is 9.97 Å². The van der Waals surface area contributed by atoms with E-state index in [1.54, 1.807) is 19.3 Å². The number of para-hydroxylation sites is 1. The van der Waals surface area contributed by atoms with E-state index in [2.05, 4.69) is 21.8 Å². The van der Waals surface area contributed by atoms with Crippen LogP contribution in [0, 0.1) is 11.8 Å². The highest BCUT2D eigenvalue weighted by Crippen LogP contribution is 2.22. The zero-order valence-corrected chi connectivity index (χ0v) is 9.01. The quantitative estimate of drug-likeness (QED) is 0.775.